The van der Waals surface area contributed by atoms with Crippen LogP contribution in [0.4, 0.5) is 5.82 Å². The minimum absolute atomic E-state index is 0.407. The van der Waals surface area contributed by atoms with E-state index in [2.05, 4.69) is 10.1 Å². The molecule has 112 valence electrons. The number of hydrogen-bond donors (Lipinski definition) is 2. The van der Waals surface area contributed by atoms with Gasteiger partial charge in [-0.2, -0.15) is 9.78 Å². The number of aliphatic carboxylic acids is 1. The molecule has 0 amide bonds. The first kappa shape index (κ1) is 13.9. The van der Waals surface area contributed by atoms with Gasteiger partial charge in [0.2, 0.25) is 0 Å². The number of aromatic nitrogens is 3. The van der Waals surface area contributed by atoms with Gasteiger partial charge in [0.15, 0.2) is 12.4 Å². The number of nitrogens with zero attached hydrogens (tertiary/aromatic N) is 3. The van der Waals surface area contributed by atoms with E-state index in [-0.39, 0.29) is 0 Å². The number of carboxylic acids is 1. The number of nitrogens with two attached hydrogens (primary N) is 1. The van der Waals surface area contributed by atoms with Crippen molar-refractivity contribution in [1.29, 1.82) is 0 Å². The smallest absolute Gasteiger partial charge is 0.341 e. The van der Waals surface area contributed by atoms with Crippen molar-refractivity contribution in [1.82, 2.24) is 14.8 Å². The molecule has 0 unspecified atom stereocenters. The monoisotopic (exact) mass is 298 g/mol. The highest BCUT2D eigenvalue weighted by Crippen LogP contribution is 2.25. The summed E-state index contributed by atoms with van der Waals surface area (Å²) in [5.41, 5.74) is 7.26. The normalized spacial score (nSPS) is 10.8. The molecule has 2 aromatic heterocycles. The van der Waals surface area contributed by atoms with Gasteiger partial charge in [-0.3, -0.25) is 0 Å². The largest absolute Gasteiger partial charge is 0.480 e. The molecule has 0 fully saturated rings. The van der Waals surface area contributed by atoms with Gasteiger partial charge in [0.25, 0.3) is 0 Å². The van der Waals surface area contributed by atoms with E-state index in [1.54, 1.807) is 24.3 Å². The second-order valence-corrected chi connectivity index (χ2v) is 4.80. The van der Waals surface area contributed by atoms with E-state index >= 15 is 0 Å². The fourth-order valence-corrected chi connectivity index (χ4v) is 2.19. The van der Waals surface area contributed by atoms with E-state index in [9.17, 15) is 4.79 Å². The zero-order chi connectivity index (χ0) is 15.7. The lowest BCUT2D eigenvalue weighted by atomic mass is 10.2. The molecule has 0 aliphatic rings. The van der Waals surface area contributed by atoms with Crippen LogP contribution >= 0.6 is 0 Å². The quantitative estimate of drug-likeness (QED) is 0.761. The minimum atomic E-state index is -1.04. The van der Waals surface area contributed by atoms with Crippen LogP contribution in [0.1, 0.15) is 5.69 Å². The van der Waals surface area contributed by atoms with Gasteiger partial charge in [0, 0.05) is 11.5 Å². The van der Waals surface area contributed by atoms with Gasteiger partial charge in [0.1, 0.15) is 17.1 Å². The van der Waals surface area contributed by atoms with Gasteiger partial charge in [-0.15, -0.1) is 0 Å². The third-order valence-electron chi connectivity index (χ3n) is 3.10. The van der Waals surface area contributed by atoms with Crippen LogP contribution in [-0.2, 0) is 4.79 Å². The van der Waals surface area contributed by atoms with E-state index < -0.39 is 12.6 Å². The van der Waals surface area contributed by atoms with E-state index in [4.69, 9.17) is 15.6 Å². The number of anilines is 1. The standard InChI is InChI=1S/C15H14N4O3/c1-9-7-12(16)19(18-9)13-6-5-10-3-2-4-11(15(10)17-13)22-8-14(20)21/h2-7H,8,16H2,1H3,(H,20,21). The Hall–Kier alpha value is -3.09. The summed E-state index contributed by atoms with van der Waals surface area (Å²) in [5.74, 6) is 0.391. The maximum absolute atomic E-state index is 10.7. The number of nitrogen functional groups attached to an aromatic ring is 1. The van der Waals surface area contributed by atoms with Gasteiger partial charge >= 0.3 is 5.97 Å². The zero-order valence-corrected chi connectivity index (χ0v) is 11.9. The number of benzene rings is 1. The Morgan fingerprint density at radius 1 is 1.36 bits per heavy atom. The maximum Gasteiger partial charge on any atom is 0.341 e. The zero-order valence-electron chi connectivity index (χ0n) is 11.9. The lowest BCUT2D eigenvalue weighted by Gasteiger charge is -2.09. The molecule has 22 heavy (non-hydrogen) atoms. The highest BCUT2D eigenvalue weighted by atomic mass is 16.5. The van der Waals surface area contributed by atoms with Crippen LogP contribution in [0.5, 0.6) is 5.75 Å². The molecule has 0 radical (unpaired) electrons. The first-order chi connectivity index (χ1) is 10.5. The van der Waals surface area contributed by atoms with Gasteiger partial charge < -0.3 is 15.6 Å². The van der Waals surface area contributed by atoms with E-state index in [1.165, 1.54) is 4.68 Å². The second kappa shape index (κ2) is 5.36. The van der Waals surface area contributed by atoms with Crippen LogP contribution in [-0.4, -0.2) is 32.4 Å². The summed E-state index contributed by atoms with van der Waals surface area (Å²) in [4.78, 5) is 15.2. The molecular weight excluding hydrogens is 284 g/mol. The topological polar surface area (TPSA) is 103 Å². The summed E-state index contributed by atoms with van der Waals surface area (Å²) < 4.78 is 6.81. The summed E-state index contributed by atoms with van der Waals surface area (Å²) in [6, 6.07) is 10.7. The SMILES string of the molecule is Cc1cc(N)n(-c2ccc3cccc(OCC(=O)O)c3n2)n1. The van der Waals surface area contributed by atoms with Crippen molar-refractivity contribution in [3.05, 3.63) is 42.1 Å². The first-order valence-corrected chi connectivity index (χ1v) is 6.61. The first-order valence-electron chi connectivity index (χ1n) is 6.61. The molecule has 3 aromatic rings. The molecule has 0 saturated carbocycles. The Labute approximate surface area is 126 Å². The van der Waals surface area contributed by atoms with Crippen LogP contribution in [0.3, 0.4) is 0 Å². The number of carbonyl (C=O) groups is 1. The van der Waals surface area contributed by atoms with Gasteiger partial charge in [0.05, 0.1) is 5.69 Å². The number of para-hydroxylation sites is 1. The fraction of sp³-hybridized carbons (Fsp3) is 0.133. The molecule has 3 N–H and O–H groups in total. The van der Waals surface area contributed by atoms with Crippen LogP contribution in [0, 0.1) is 6.92 Å². The van der Waals surface area contributed by atoms with Crippen molar-refractivity contribution >= 4 is 22.7 Å². The van der Waals surface area contributed by atoms with Gasteiger partial charge in [-0.1, -0.05) is 12.1 Å². The van der Waals surface area contributed by atoms with Crippen molar-refractivity contribution in [3.8, 4) is 11.6 Å². The third-order valence-corrected chi connectivity index (χ3v) is 3.10. The minimum Gasteiger partial charge on any atom is -0.480 e. The number of pyridine rings is 1. The Balaban J connectivity index is 2.09. The van der Waals surface area contributed by atoms with Crippen LogP contribution in [0.15, 0.2) is 36.4 Å². The Kier molecular flexibility index (Phi) is 3.38. The highest BCUT2D eigenvalue weighted by molar-refractivity contribution is 5.85. The van der Waals surface area contributed by atoms with E-state index in [0.29, 0.717) is 22.9 Å². The number of ether oxygens (including phenoxy) is 1. The van der Waals surface area contributed by atoms with Gasteiger partial charge in [-0.05, 0) is 25.1 Å². The van der Waals surface area contributed by atoms with Crippen LogP contribution < -0.4 is 10.5 Å². The average molecular weight is 298 g/mol. The van der Waals surface area contributed by atoms with Crippen LogP contribution in [0.2, 0.25) is 0 Å². The number of aryl methyl sites for hydroxylation is 1. The summed E-state index contributed by atoms with van der Waals surface area (Å²) >= 11 is 0. The molecule has 2 heterocycles. The molecule has 0 aliphatic heterocycles. The molecule has 0 bridgehead atoms. The number of rotatable bonds is 4. The van der Waals surface area contributed by atoms with Crippen molar-refractivity contribution in [2.45, 2.75) is 6.92 Å². The molecule has 7 heteroatoms. The summed E-state index contributed by atoms with van der Waals surface area (Å²) in [6.45, 7) is 1.42. The molecule has 0 saturated heterocycles. The lowest BCUT2D eigenvalue weighted by Crippen LogP contribution is -2.10. The number of fused-ring (bicyclic) bond motifs is 1. The third kappa shape index (κ3) is 2.56. The molecule has 0 spiro atoms. The number of carboxylic acid groups (broad SMARTS) is 1. The highest BCUT2D eigenvalue weighted by Gasteiger charge is 2.10. The Bertz CT molecular complexity index is 857. The van der Waals surface area contributed by atoms with Crippen LogP contribution in [0.25, 0.3) is 16.7 Å². The lowest BCUT2D eigenvalue weighted by molar-refractivity contribution is -0.139. The molecule has 1 aromatic carbocycles. The number of hydrogen-bond acceptors (Lipinski definition) is 5. The molecule has 0 atom stereocenters. The van der Waals surface area contributed by atoms with Crippen molar-refractivity contribution in [2.24, 2.45) is 0 Å². The van der Waals surface area contributed by atoms with Crippen molar-refractivity contribution in [3.63, 3.8) is 0 Å². The molecule has 3 rings (SSSR count). The second-order valence-electron chi connectivity index (χ2n) is 4.80. The van der Waals surface area contributed by atoms with E-state index in [1.807, 2.05) is 19.1 Å². The summed E-state index contributed by atoms with van der Waals surface area (Å²) in [6.07, 6.45) is 0. The van der Waals surface area contributed by atoms with Crippen molar-refractivity contribution < 1.29 is 14.6 Å². The summed E-state index contributed by atoms with van der Waals surface area (Å²) in [5, 5.41) is 13.9. The summed E-state index contributed by atoms with van der Waals surface area (Å²) in [7, 11) is 0. The van der Waals surface area contributed by atoms with Gasteiger partial charge in [-0.25, -0.2) is 9.78 Å². The Morgan fingerprint density at radius 3 is 2.86 bits per heavy atom. The van der Waals surface area contributed by atoms with Crippen molar-refractivity contribution in [2.75, 3.05) is 12.3 Å². The average Bonchev–Trinajstić information content (AvgIpc) is 2.83. The predicted molar refractivity (Wildman–Crippen MR) is 81.1 cm³/mol. The Morgan fingerprint density at radius 2 is 2.18 bits per heavy atom. The molecular formula is C15H14N4O3. The fourth-order valence-electron chi connectivity index (χ4n) is 2.19. The predicted octanol–water partition coefficient (Wildman–Crippen LogP) is 1.77. The maximum atomic E-state index is 10.7. The molecule has 7 nitrogen and oxygen atoms in total. The van der Waals surface area contributed by atoms with E-state index in [0.717, 1.165) is 11.1 Å². The molecule has 0 aliphatic carbocycles.